The van der Waals surface area contributed by atoms with Gasteiger partial charge in [-0.15, -0.1) is 0 Å². The van der Waals surface area contributed by atoms with Crippen LogP contribution in [0.1, 0.15) is 25.0 Å². The second kappa shape index (κ2) is 7.91. The van der Waals surface area contributed by atoms with Crippen LogP contribution in [0.5, 0.6) is 0 Å². The Kier molecular flexibility index (Phi) is 5.42. The Bertz CT molecular complexity index is 829. The maximum Gasteiger partial charge on any atom is 0.266 e. The van der Waals surface area contributed by atoms with Crippen LogP contribution in [0.15, 0.2) is 46.4 Å². The van der Waals surface area contributed by atoms with Crippen molar-refractivity contribution in [3.05, 3.63) is 52.8 Å². The standard InChI is InChI=1S/C19H18ClN3O2/c20-16-6-2-3-7-17(16)22-19(24)14(13-21)12-15-8-9-18(25-15)23-10-4-1-5-11-23/h2-3,6-9,12H,1,4-5,10-11H2,(H,22,24)/b14-12+. The molecule has 25 heavy (non-hydrogen) atoms. The monoisotopic (exact) mass is 355 g/mol. The number of nitrogens with zero attached hydrogens (tertiary/aromatic N) is 2. The van der Waals surface area contributed by atoms with Crippen LogP contribution in [0.4, 0.5) is 11.6 Å². The minimum atomic E-state index is -0.522. The van der Waals surface area contributed by atoms with Gasteiger partial charge in [0.1, 0.15) is 17.4 Å². The molecule has 3 rings (SSSR count). The number of rotatable bonds is 4. The van der Waals surface area contributed by atoms with E-state index in [1.54, 1.807) is 30.3 Å². The lowest BCUT2D eigenvalue weighted by molar-refractivity contribution is -0.112. The summed E-state index contributed by atoms with van der Waals surface area (Å²) in [5.41, 5.74) is 0.420. The lowest BCUT2D eigenvalue weighted by atomic mass is 10.1. The van der Waals surface area contributed by atoms with Crippen molar-refractivity contribution < 1.29 is 9.21 Å². The van der Waals surface area contributed by atoms with Gasteiger partial charge in [0.2, 0.25) is 0 Å². The number of amides is 1. The van der Waals surface area contributed by atoms with Gasteiger partial charge in [-0.3, -0.25) is 4.79 Å². The fourth-order valence-corrected chi connectivity index (χ4v) is 2.93. The summed E-state index contributed by atoms with van der Waals surface area (Å²) in [7, 11) is 0. The lowest BCUT2D eigenvalue weighted by Gasteiger charge is -2.25. The molecule has 2 aromatic rings. The minimum absolute atomic E-state index is 0.0422. The highest BCUT2D eigenvalue weighted by atomic mass is 35.5. The van der Waals surface area contributed by atoms with E-state index in [1.807, 2.05) is 12.1 Å². The van der Waals surface area contributed by atoms with Crippen molar-refractivity contribution >= 4 is 35.2 Å². The van der Waals surface area contributed by atoms with Crippen molar-refractivity contribution in [2.75, 3.05) is 23.3 Å². The second-order valence-electron chi connectivity index (χ2n) is 5.83. The number of para-hydroxylation sites is 1. The summed E-state index contributed by atoms with van der Waals surface area (Å²) in [6.07, 6.45) is 4.98. The molecule has 1 fully saturated rings. The quantitative estimate of drug-likeness (QED) is 0.649. The summed E-state index contributed by atoms with van der Waals surface area (Å²) in [6, 6.07) is 12.4. The van der Waals surface area contributed by atoms with Crippen molar-refractivity contribution in [3.8, 4) is 6.07 Å². The molecule has 1 aromatic heterocycles. The van der Waals surface area contributed by atoms with E-state index in [0.717, 1.165) is 31.8 Å². The molecule has 6 heteroatoms. The first kappa shape index (κ1) is 17.1. The van der Waals surface area contributed by atoms with Crippen LogP contribution in [-0.2, 0) is 4.79 Å². The number of hydrogen-bond donors (Lipinski definition) is 1. The van der Waals surface area contributed by atoms with Crippen LogP contribution in [0.2, 0.25) is 5.02 Å². The zero-order valence-electron chi connectivity index (χ0n) is 13.7. The lowest BCUT2D eigenvalue weighted by Crippen LogP contribution is -2.28. The van der Waals surface area contributed by atoms with E-state index in [2.05, 4.69) is 10.2 Å². The van der Waals surface area contributed by atoms with Gasteiger partial charge in [-0.1, -0.05) is 23.7 Å². The molecular formula is C19H18ClN3O2. The van der Waals surface area contributed by atoms with Crippen LogP contribution in [0.25, 0.3) is 6.08 Å². The molecule has 128 valence electrons. The Morgan fingerprint density at radius 2 is 1.96 bits per heavy atom. The summed E-state index contributed by atoms with van der Waals surface area (Å²) in [5.74, 6) is 0.729. The molecule has 0 radical (unpaired) electrons. The summed E-state index contributed by atoms with van der Waals surface area (Å²) in [5, 5.41) is 12.3. The Labute approximate surface area is 151 Å². The van der Waals surface area contributed by atoms with Gasteiger partial charge in [-0.2, -0.15) is 5.26 Å². The van der Waals surface area contributed by atoms with Crippen molar-refractivity contribution in [3.63, 3.8) is 0 Å². The summed E-state index contributed by atoms with van der Waals surface area (Å²) < 4.78 is 5.77. The van der Waals surface area contributed by atoms with Crippen molar-refractivity contribution in [1.82, 2.24) is 0 Å². The van der Waals surface area contributed by atoms with Crippen LogP contribution in [-0.4, -0.2) is 19.0 Å². The number of furan rings is 1. The molecule has 0 aliphatic carbocycles. The molecule has 1 amide bonds. The molecule has 2 heterocycles. The summed E-state index contributed by atoms with van der Waals surface area (Å²) in [6.45, 7) is 1.93. The van der Waals surface area contributed by atoms with Crippen LogP contribution >= 0.6 is 11.6 Å². The van der Waals surface area contributed by atoms with Gasteiger partial charge in [0, 0.05) is 25.2 Å². The molecule has 1 aromatic carbocycles. The van der Waals surface area contributed by atoms with Gasteiger partial charge in [-0.05, 0) is 37.5 Å². The first-order valence-electron chi connectivity index (χ1n) is 8.20. The number of nitrogens with one attached hydrogen (secondary N) is 1. The van der Waals surface area contributed by atoms with Crippen molar-refractivity contribution in [1.29, 1.82) is 5.26 Å². The first-order chi connectivity index (χ1) is 12.2. The Morgan fingerprint density at radius 3 is 2.68 bits per heavy atom. The minimum Gasteiger partial charge on any atom is -0.441 e. The highest BCUT2D eigenvalue weighted by molar-refractivity contribution is 6.34. The zero-order valence-corrected chi connectivity index (χ0v) is 14.4. The van der Waals surface area contributed by atoms with Gasteiger partial charge in [0.25, 0.3) is 5.91 Å². The number of anilines is 2. The molecule has 5 nitrogen and oxygen atoms in total. The molecular weight excluding hydrogens is 338 g/mol. The van der Waals surface area contributed by atoms with Crippen molar-refractivity contribution in [2.45, 2.75) is 19.3 Å². The predicted molar refractivity (Wildman–Crippen MR) is 98.4 cm³/mol. The normalized spacial score (nSPS) is 14.9. The van der Waals surface area contributed by atoms with Crippen molar-refractivity contribution in [2.24, 2.45) is 0 Å². The highest BCUT2D eigenvalue weighted by Crippen LogP contribution is 2.25. The molecule has 1 saturated heterocycles. The number of carbonyl (C=O) groups is 1. The van der Waals surface area contributed by atoms with Gasteiger partial charge < -0.3 is 14.6 Å². The van der Waals surface area contributed by atoms with Crippen LogP contribution in [0, 0.1) is 11.3 Å². The third kappa shape index (κ3) is 4.23. The van der Waals surface area contributed by atoms with Gasteiger partial charge in [0.15, 0.2) is 5.88 Å². The predicted octanol–water partition coefficient (Wildman–Crippen LogP) is 4.47. The average molecular weight is 356 g/mol. The molecule has 0 unspecified atom stereocenters. The third-order valence-electron chi connectivity index (χ3n) is 4.05. The number of halogens is 1. The van der Waals surface area contributed by atoms with Gasteiger partial charge >= 0.3 is 0 Å². The van der Waals surface area contributed by atoms with E-state index in [-0.39, 0.29) is 5.57 Å². The maximum atomic E-state index is 12.3. The number of carbonyl (C=O) groups excluding carboxylic acids is 1. The number of piperidine rings is 1. The number of benzene rings is 1. The Balaban J connectivity index is 1.74. The van der Waals surface area contributed by atoms with Crippen LogP contribution in [0.3, 0.4) is 0 Å². The molecule has 0 bridgehead atoms. The number of nitriles is 1. The SMILES string of the molecule is N#C/C(=C\c1ccc(N2CCCCC2)o1)C(=O)Nc1ccccc1Cl. The largest absolute Gasteiger partial charge is 0.441 e. The Morgan fingerprint density at radius 1 is 1.20 bits per heavy atom. The van der Waals surface area contributed by atoms with E-state index < -0.39 is 5.91 Å². The summed E-state index contributed by atoms with van der Waals surface area (Å²) in [4.78, 5) is 14.5. The Hall–Kier alpha value is -2.71. The first-order valence-corrected chi connectivity index (χ1v) is 8.57. The fraction of sp³-hybridized carbons (Fsp3) is 0.263. The molecule has 1 aliphatic rings. The molecule has 0 saturated carbocycles. The molecule has 0 spiro atoms. The fourth-order valence-electron chi connectivity index (χ4n) is 2.75. The highest BCUT2D eigenvalue weighted by Gasteiger charge is 2.16. The summed E-state index contributed by atoms with van der Waals surface area (Å²) >= 11 is 6.02. The van der Waals surface area contributed by atoms with Gasteiger partial charge in [0.05, 0.1) is 10.7 Å². The topological polar surface area (TPSA) is 69.3 Å². The van der Waals surface area contributed by atoms with E-state index in [1.165, 1.54) is 12.5 Å². The van der Waals surface area contributed by atoms with E-state index in [4.69, 9.17) is 16.0 Å². The zero-order chi connectivity index (χ0) is 17.6. The van der Waals surface area contributed by atoms with E-state index in [0.29, 0.717) is 16.5 Å². The third-order valence-corrected chi connectivity index (χ3v) is 4.38. The molecule has 0 atom stereocenters. The van der Waals surface area contributed by atoms with E-state index in [9.17, 15) is 10.1 Å². The second-order valence-corrected chi connectivity index (χ2v) is 6.23. The average Bonchev–Trinajstić information content (AvgIpc) is 3.11. The van der Waals surface area contributed by atoms with Gasteiger partial charge in [-0.25, -0.2) is 0 Å². The number of hydrogen-bond acceptors (Lipinski definition) is 4. The van der Waals surface area contributed by atoms with E-state index >= 15 is 0 Å². The molecule has 1 aliphatic heterocycles. The molecule has 1 N–H and O–H groups in total. The smallest absolute Gasteiger partial charge is 0.266 e. The van der Waals surface area contributed by atoms with Crippen LogP contribution < -0.4 is 10.2 Å². The maximum absolute atomic E-state index is 12.3.